The molecule has 0 bridgehead atoms. The number of carbonyl (C=O) groups is 1. The summed E-state index contributed by atoms with van der Waals surface area (Å²) in [5.41, 5.74) is 6.66. The number of hydrogen-bond acceptors (Lipinski definition) is 5. The molecule has 3 rings (SSSR count). The van der Waals surface area contributed by atoms with E-state index >= 15 is 0 Å². The normalized spacial score (nSPS) is 20.0. The maximum Gasteiger partial charge on any atom is 0.227 e. The summed E-state index contributed by atoms with van der Waals surface area (Å²) in [6, 6.07) is 5.62. The number of carbonyl (C=O) groups excluding carboxylic acids is 1. The molecule has 1 fully saturated rings. The van der Waals surface area contributed by atoms with Crippen LogP contribution in [0.3, 0.4) is 0 Å². The highest BCUT2D eigenvalue weighted by molar-refractivity contribution is 7.99. The topological polar surface area (TPSA) is 85.8 Å². The van der Waals surface area contributed by atoms with E-state index in [0.29, 0.717) is 10.7 Å². The van der Waals surface area contributed by atoms with Gasteiger partial charge in [-0.15, -0.1) is 22.6 Å². The van der Waals surface area contributed by atoms with Gasteiger partial charge in [-0.1, -0.05) is 18.0 Å². The third kappa shape index (κ3) is 5.10. The number of aromatic nitrogens is 3. The molecule has 1 aliphatic carbocycles. The zero-order valence-corrected chi connectivity index (χ0v) is 16.2. The number of aryl methyl sites for hydroxylation is 1. The molecule has 3 N–H and O–H groups in total. The van der Waals surface area contributed by atoms with Gasteiger partial charge in [0.15, 0.2) is 5.16 Å². The molecule has 1 saturated carbocycles. The second-order valence-electron chi connectivity index (χ2n) is 6.08. The van der Waals surface area contributed by atoms with Crippen molar-refractivity contribution in [3.8, 4) is 0 Å². The molecule has 2 atom stereocenters. The highest BCUT2D eigenvalue weighted by Crippen LogP contribution is 2.34. The Morgan fingerprint density at radius 1 is 1.44 bits per heavy atom. The van der Waals surface area contributed by atoms with Gasteiger partial charge in [0.2, 0.25) is 5.91 Å². The molecule has 9 heteroatoms. The summed E-state index contributed by atoms with van der Waals surface area (Å²) in [5, 5.41) is 12.1. The van der Waals surface area contributed by atoms with E-state index in [0.717, 1.165) is 35.7 Å². The third-order valence-corrected chi connectivity index (χ3v) is 5.71. The largest absolute Gasteiger partial charge is 0.328 e. The molecule has 1 aromatic heterocycles. The van der Waals surface area contributed by atoms with E-state index in [1.54, 1.807) is 12.4 Å². The van der Waals surface area contributed by atoms with Crippen LogP contribution in [0.2, 0.25) is 5.02 Å². The molecule has 2 aromatic rings. The SMILES string of the molecule is Cl.Cn1cnnc1Sc1ccc(NC(=O)C2CCCC(N)C2)cc1Cl. The number of nitrogens with one attached hydrogen (secondary N) is 1. The lowest BCUT2D eigenvalue weighted by Crippen LogP contribution is -2.34. The average Bonchev–Trinajstić information content (AvgIpc) is 2.95. The van der Waals surface area contributed by atoms with Crippen molar-refractivity contribution in [2.24, 2.45) is 18.7 Å². The van der Waals surface area contributed by atoms with Crippen molar-refractivity contribution in [3.63, 3.8) is 0 Å². The van der Waals surface area contributed by atoms with Gasteiger partial charge in [-0.2, -0.15) is 0 Å². The van der Waals surface area contributed by atoms with E-state index in [2.05, 4.69) is 15.5 Å². The zero-order chi connectivity index (χ0) is 17.1. The Balaban J connectivity index is 0.00000225. The summed E-state index contributed by atoms with van der Waals surface area (Å²) >= 11 is 7.77. The lowest BCUT2D eigenvalue weighted by Gasteiger charge is -2.25. The van der Waals surface area contributed by atoms with Crippen molar-refractivity contribution in [1.29, 1.82) is 0 Å². The van der Waals surface area contributed by atoms with Crippen molar-refractivity contribution in [3.05, 3.63) is 29.5 Å². The zero-order valence-electron chi connectivity index (χ0n) is 13.8. The molecule has 1 amide bonds. The predicted octanol–water partition coefficient (Wildman–Crippen LogP) is 3.50. The van der Waals surface area contributed by atoms with E-state index < -0.39 is 0 Å². The number of benzene rings is 1. The first-order valence-corrected chi connectivity index (χ1v) is 9.10. The fraction of sp³-hybridized carbons (Fsp3) is 0.438. The molecule has 0 spiro atoms. The first kappa shape index (κ1) is 20.0. The van der Waals surface area contributed by atoms with Crippen molar-refractivity contribution >= 4 is 47.4 Å². The maximum atomic E-state index is 12.4. The number of nitrogens with two attached hydrogens (primary N) is 1. The third-order valence-electron chi connectivity index (χ3n) is 4.16. The molecule has 0 radical (unpaired) electrons. The van der Waals surface area contributed by atoms with Gasteiger partial charge in [0.1, 0.15) is 6.33 Å². The summed E-state index contributed by atoms with van der Waals surface area (Å²) in [5.74, 6) is 0.00939. The molecule has 1 aliphatic rings. The quantitative estimate of drug-likeness (QED) is 0.818. The number of rotatable bonds is 4. The Morgan fingerprint density at radius 2 is 2.24 bits per heavy atom. The molecular weight excluding hydrogens is 381 g/mol. The first-order chi connectivity index (χ1) is 11.5. The van der Waals surface area contributed by atoms with Gasteiger partial charge in [-0.05, 0) is 49.2 Å². The Labute approximate surface area is 162 Å². The van der Waals surface area contributed by atoms with Crippen molar-refractivity contribution in [2.75, 3.05) is 5.32 Å². The Morgan fingerprint density at radius 3 is 2.88 bits per heavy atom. The van der Waals surface area contributed by atoms with Gasteiger partial charge >= 0.3 is 0 Å². The monoisotopic (exact) mass is 401 g/mol. The van der Waals surface area contributed by atoms with Gasteiger partial charge in [0.25, 0.3) is 0 Å². The second kappa shape index (κ2) is 8.89. The first-order valence-electron chi connectivity index (χ1n) is 7.91. The van der Waals surface area contributed by atoms with Crippen LogP contribution < -0.4 is 11.1 Å². The number of amides is 1. The fourth-order valence-corrected chi connectivity index (χ4v) is 3.90. The molecule has 136 valence electrons. The average molecular weight is 402 g/mol. The number of nitrogens with zero attached hydrogens (tertiary/aromatic N) is 3. The Hall–Kier alpha value is -1.28. The number of halogens is 2. The van der Waals surface area contributed by atoms with Crippen LogP contribution in [-0.4, -0.2) is 26.7 Å². The van der Waals surface area contributed by atoms with Crippen LogP contribution in [0.5, 0.6) is 0 Å². The van der Waals surface area contributed by atoms with E-state index in [9.17, 15) is 4.79 Å². The molecule has 1 aromatic carbocycles. The van der Waals surface area contributed by atoms with Crippen LogP contribution in [0.15, 0.2) is 34.6 Å². The van der Waals surface area contributed by atoms with Crippen LogP contribution in [0.25, 0.3) is 0 Å². The molecule has 0 saturated heterocycles. The minimum Gasteiger partial charge on any atom is -0.328 e. The summed E-state index contributed by atoms with van der Waals surface area (Å²) in [6.07, 6.45) is 5.30. The summed E-state index contributed by atoms with van der Waals surface area (Å²) in [7, 11) is 1.87. The van der Waals surface area contributed by atoms with Gasteiger partial charge < -0.3 is 15.6 Å². The van der Waals surface area contributed by atoms with Crippen molar-refractivity contribution < 1.29 is 4.79 Å². The van der Waals surface area contributed by atoms with Gasteiger partial charge in [0.05, 0.1) is 5.02 Å². The van der Waals surface area contributed by atoms with E-state index in [1.807, 2.05) is 23.7 Å². The van der Waals surface area contributed by atoms with Crippen LogP contribution in [0, 0.1) is 5.92 Å². The standard InChI is InChI=1S/C16H20ClN5OS.ClH/c1-22-9-19-21-16(22)24-14-6-5-12(8-13(14)17)20-15(23)10-3-2-4-11(18)7-10;/h5-6,8-11H,2-4,7,18H2,1H3,(H,20,23);1H. The lowest BCUT2D eigenvalue weighted by molar-refractivity contribution is -0.120. The second-order valence-corrected chi connectivity index (χ2v) is 7.50. The van der Waals surface area contributed by atoms with Gasteiger partial charge in [0, 0.05) is 29.6 Å². The predicted molar refractivity (Wildman–Crippen MR) is 102 cm³/mol. The Bertz CT molecular complexity index is 739. The van der Waals surface area contributed by atoms with Crippen molar-refractivity contribution in [1.82, 2.24) is 14.8 Å². The molecule has 6 nitrogen and oxygen atoms in total. The molecule has 2 unspecified atom stereocenters. The maximum absolute atomic E-state index is 12.4. The summed E-state index contributed by atoms with van der Waals surface area (Å²) in [4.78, 5) is 13.2. The molecule has 0 aliphatic heterocycles. The van der Waals surface area contributed by atoms with Gasteiger partial charge in [-0.25, -0.2) is 0 Å². The van der Waals surface area contributed by atoms with Crippen LogP contribution in [0.4, 0.5) is 5.69 Å². The van der Waals surface area contributed by atoms with E-state index in [-0.39, 0.29) is 30.3 Å². The minimum absolute atomic E-state index is 0. The Kier molecular flexibility index (Phi) is 7.13. The molecule has 1 heterocycles. The number of anilines is 1. The summed E-state index contributed by atoms with van der Waals surface area (Å²) < 4.78 is 1.82. The lowest BCUT2D eigenvalue weighted by atomic mass is 9.85. The van der Waals surface area contributed by atoms with Crippen LogP contribution in [-0.2, 0) is 11.8 Å². The van der Waals surface area contributed by atoms with E-state index in [1.165, 1.54) is 11.8 Å². The van der Waals surface area contributed by atoms with Crippen LogP contribution >= 0.6 is 35.8 Å². The van der Waals surface area contributed by atoms with Crippen LogP contribution in [0.1, 0.15) is 25.7 Å². The van der Waals surface area contributed by atoms with Crippen molar-refractivity contribution in [2.45, 2.75) is 41.8 Å². The highest BCUT2D eigenvalue weighted by atomic mass is 35.5. The molecular formula is C16H21Cl2N5OS. The fourth-order valence-electron chi connectivity index (χ4n) is 2.83. The van der Waals surface area contributed by atoms with Gasteiger partial charge in [-0.3, -0.25) is 4.79 Å². The summed E-state index contributed by atoms with van der Waals surface area (Å²) in [6.45, 7) is 0. The molecule has 25 heavy (non-hydrogen) atoms. The minimum atomic E-state index is -0.0137. The van der Waals surface area contributed by atoms with E-state index in [4.69, 9.17) is 17.3 Å². The highest BCUT2D eigenvalue weighted by Gasteiger charge is 2.25. The number of hydrogen-bond donors (Lipinski definition) is 2. The smallest absolute Gasteiger partial charge is 0.227 e.